The van der Waals surface area contributed by atoms with Gasteiger partial charge in [-0.05, 0) is 67.5 Å². The van der Waals surface area contributed by atoms with E-state index >= 15 is 0 Å². The van der Waals surface area contributed by atoms with Crippen LogP contribution in [0.5, 0.6) is 5.75 Å². The number of alkyl halides is 3. The highest BCUT2D eigenvalue weighted by molar-refractivity contribution is 8.04. The van der Waals surface area contributed by atoms with E-state index in [0.29, 0.717) is 12.2 Å². The first-order valence-electron chi connectivity index (χ1n) is 10.2. The Morgan fingerprint density at radius 2 is 1.68 bits per heavy atom. The van der Waals surface area contributed by atoms with Gasteiger partial charge in [0.1, 0.15) is 24.2 Å². The van der Waals surface area contributed by atoms with E-state index in [1.807, 2.05) is 19.9 Å². The van der Waals surface area contributed by atoms with Crippen molar-refractivity contribution < 1.29 is 35.3 Å². The van der Waals surface area contributed by atoms with Gasteiger partial charge in [0, 0.05) is 0 Å². The lowest BCUT2D eigenvalue weighted by Gasteiger charge is -2.18. The molecule has 2 N–H and O–H groups in total. The van der Waals surface area contributed by atoms with Crippen LogP contribution in [0.3, 0.4) is 0 Å². The van der Waals surface area contributed by atoms with Gasteiger partial charge in [0.25, 0.3) is 0 Å². The monoisotopic (exact) mass is 517 g/mol. The minimum Gasteiger partial charge on any atom is -0.490 e. The average molecular weight is 518 g/mol. The van der Waals surface area contributed by atoms with Gasteiger partial charge in [-0.25, -0.2) is 9.32 Å². The molecule has 186 valence electrons. The Hall–Kier alpha value is -2.34. The maximum atomic E-state index is 12.8. The molecule has 0 spiro atoms. The molecule has 11 heteroatoms. The third-order valence-corrected chi connectivity index (χ3v) is 6.69. The SMILES string of the molecule is CC=C(C)SC(Cc1ccc(OCC(OS(N)(=O)=O)c2ccc(C(F)(F)F)cc2)cc1)C(C)=O. The normalized spacial score (nSPS) is 14.5. The summed E-state index contributed by atoms with van der Waals surface area (Å²) < 4.78 is 71.7. The van der Waals surface area contributed by atoms with Gasteiger partial charge in [-0.15, -0.1) is 11.8 Å². The summed E-state index contributed by atoms with van der Waals surface area (Å²) >= 11 is 1.50. The zero-order valence-electron chi connectivity index (χ0n) is 18.8. The lowest BCUT2D eigenvalue weighted by molar-refractivity contribution is -0.137. The second-order valence-electron chi connectivity index (χ2n) is 7.47. The summed E-state index contributed by atoms with van der Waals surface area (Å²) in [6.45, 7) is 5.08. The third-order valence-electron chi connectivity index (χ3n) is 4.79. The van der Waals surface area contributed by atoms with Crippen molar-refractivity contribution in [2.24, 2.45) is 5.14 Å². The van der Waals surface area contributed by atoms with E-state index in [1.165, 1.54) is 11.8 Å². The van der Waals surface area contributed by atoms with Crippen LogP contribution in [0.1, 0.15) is 43.6 Å². The summed E-state index contributed by atoms with van der Waals surface area (Å²) in [5.74, 6) is 0.446. The van der Waals surface area contributed by atoms with Crippen molar-refractivity contribution in [2.45, 2.75) is 44.7 Å². The predicted molar refractivity (Wildman–Crippen MR) is 126 cm³/mol. The lowest BCUT2D eigenvalue weighted by Crippen LogP contribution is -2.23. The van der Waals surface area contributed by atoms with Crippen LogP contribution in [0.25, 0.3) is 0 Å². The summed E-state index contributed by atoms with van der Waals surface area (Å²) in [5.41, 5.74) is 0.178. The third kappa shape index (κ3) is 9.13. The van der Waals surface area contributed by atoms with Crippen molar-refractivity contribution in [3.8, 4) is 5.75 Å². The van der Waals surface area contributed by atoms with Gasteiger partial charge in [0.15, 0.2) is 0 Å². The van der Waals surface area contributed by atoms with Crippen LogP contribution in [0.15, 0.2) is 59.5 Å². The van der Waals surface area contributed by atoms with Gasteiger partial charge in [0.2, 0.25) is 0 Å². The van der Waals surface area contributed by atoms with Crippen molar-refractivity contribution in [3.63, 3.8) is 0 Å². The van der Waals surface area contributed by atoms with E-state index in [9.17, 15) is 26.4 Å². The molecule has 0 bridgehead atoms. The zero-order valence-corrected chi connectivity index (χ0v) is 20.5. The highest BCUT2D eigenvalue weighted by Gasteiger charge is 2.30. The van der Waals surface area contributed by atoms with Gasteiger partial charge >= 0.3 is 16.5 Å². The number of thioether (sulfide) groups is 1. The number of allylic oxidation sites excluding steroid dienone is 2. The fourth-order valence-electron chi connectivity index (χ4n) is 2.90. The molecule has 0 aliphatic heterocycles. The van der Waals surface area contributed by atoms with Gasteiger partial charge < -0.3 is 4.74 Å². The molecule has 0 aliphatic rings. The number of nitrogens with two attached hydrogens (primary N) is 1. The summed E-state index contributed by atoms with van der Waals surface area (Å²) in [6, 6.07) is 10.7. The largest absolute Gasteiger partial charge is 0.490 e. The fourth-order valence-corrected chi connectivity index (χ4v) is 4.41. The second-order valence-corrected chi connectivity index (χ2v) is 10.1. The topological polar surface area (TPSA) is 95.7 Å². The number of halogens is 3. The molecule has 0 saturated carbocycles. The van der Waals surface area contributed by atoms with Gasteiger partial charge in [-0.2, -0.15) is 21.6 Å². The van der Waals surface area contributed by atoms with Crippen molar-refractivity contribution in [3.05, 3.63) is 76.2 Å². The van der Waals surface area contributed by atoms with Crippen molar-refractivity contribution in [2.75, 3.05) is 6.61 Å². The maximum Gasteiger partial charge on any atom is 0.416 e. The quantitative estimate of drug-likeness (QED) is 0.440. The molecule has 0 heterocycles. The molecule has 6 nitrogen and oxygen atoms in total. The molecule has 2 atom stereocenters. The molecule has 0 saturated heterocycles. The molecule has 2 aromatic rings. The molecular weight excluding hydrogens is 491 g/mol. The minimum absolute atomic E-state index is 0.0612. The molecule has 0 aliphatic carbocycles. The van der Waals surface area contributed by atoms with E-state index in [1.54, 1.807) is 31.2 Å². The number of ketones is 1. The molecule has 0 aromatic heterocycles. The molecule has 2 rings (SSSR count). The number of carbonyl (C=O) groups is 1. The number of carbonyl (C=O) groups excluding carboxylic acids is 1. The molecule has 34 heavy (non-hydrogen) atoms. The van der Waals surface area contributed by atoms with E-state index in [0.717, 1.165) is 34.7 Å². The van der Waals surface area contributed by atoms with E-state index < -0.39 is 28.1 Å². The number of benzene rings is 2. The van der Waals surface area contributed by atoms with Crippen LogP contribution in [0.2, 0.25) is 0 Å². The average Bonchev–Trinajstić information content (AvgIpc) is 2.75. The van der Waals surface area contributed by atoms with Crippen LogP contribution < -0.4 is 9.88 Å². The van der Waals surface area contributed by atoms with E-state index in [2.05, 4.69) is 0 Å². The van der Waals surface area contributed by atoms with Gasteiger partial charge in [-0.1, -0.05) is 30.3 Å². The second kappa shape index (κ2) is 11.9. The van der Waals surface area contributed by atoms with E-state index in [-0.39, 0.29) is 23.2 Å². The summed E-state index contributed by atoms with van der Waals surface area (Å²) in [6.07, 6.45) is -3.32. The highest BCUT2D eigenvalue weighted by Crippen LogP contribution is 2.31. The van der Waals surface area contributed by atoms with Crippen LogP contribution in [-0.4, -0.2) is 26.1 Å². The molecule has 2 aromatic carbocycles. The molecule has 0 amide bonds. The number of ether oxygens (including phenoxy) is 1. The van der Waals surface area contributed by atoms with Crippen LogP contribution >= 0.6 is 11.8 Å². The highest BCUT2D eigenvalue weighted by atomic mass is 32.2. The van der Waals surface area contributed by atoms with Crippen LogP contribution in [0, 0.1) is 0 Å². The zero-order chi connectivity index (χ0) is 25.5. The fraction of sp³-hybridized carbons (Fsp3) is 0.348. The minimum atomic E-state index is -4.53. The lowest BCUT2D eigenvalue weighted by atomic mass is 10.1. The van der Waals surface area contributed by atoms with Crippen LogP contribution in [0.4, 0.5) is 13.2 Å². The summed E-state index contributed by atoms with van der Waals surface area (Å²) in [5, 5.41) is 4.73. The Balaban J connectivity index is 2.10. The first-order chi connectivity index (χ1) is 15.8. The standard InChI is InChI=1S/C23H26F3NO5S2/c1-4-15(2)33-22(16(3)28)13-17-5-11-20(12-6-17)31-14-21(32-34(27,29)30)18-7-9-19(10-8-18)23(24,25)26/h4-12,21-22H,13-14H2,1-3H3,(H2,27,29,30). The first-order valence-corrected chi connectivity index (χ1v) is 12.5. The van der Waals surface area contributed by atoms with Crippen molar-refractivity contribution in [1.82, 2.24) is 0 Å². The predicted octanol–water partition coefficient (Wildman–Crippen LogP) is 5.20. The van der Waals surface area contributed by atoms with Gasteiger partial charge in [0.05, 0.1) is 10.8 Å². The maximum absolute atomic E-state index is 12.8. The number of hydrogen-bond donors (Lipinski definition) is 1. The molecule has 0 radical (unpaired) electrons. The summed E-state index contributed by atoms with van der Waals surface area (Å²) in [4.78, 5) is 13.0. The Morgan fingerprint density at radius 3 is 2.15 bits per heavy atom. The molecular formula is C23H26F3NO5S2. The van der Waals surface area contributed by atoms with Gasteiger partial charge in [-0.3, -0.25) is 4.79 Å². The Kier molecular flexibility index (Phi) is 9.74. The van der Waals surface area contributed by atoms with Crippen molar-refractivity contribution >= 4 is 27.8 Å². The van der Waals surface area contributed by atoms with E-state index in [4.69, 9.17) is 14.1 Å². The molecule has 0 fully saturated rings. The molecule has 2 unspecified atom stereocenters. The van der Waals surface area contributed by atoms with Crippen molar-refractivity contribution in [1.29, 1.82) is 0 Å². The first kappa shape index (κ1) is 27.9. The van der Waals surface area contributed by atoms with Crippen LogP contribution in [-0.2, 0) is 31.9 Å². The Labute approximate surface area is 201 Å². The number of rotatable bonds is 11. The Bertz CT molecular complexity index is 1100. The smallest absolute Gasteiger partial charge is 0.416 e. The Morgan fingerprint density at radius 1 is 1.09 bits per heavy atom. The number of Topliss-reactive ketones (excluding diaryl/α,β-unsaturated/α-hetero) is 1. The summed E-state index contributed by atoms with van der Waals surface area (Å²) in [7, 11) is -4.40. The number of hydrogen-bond acceptors (Lipinski definition) is 6.